The first-order valence-electron chi connectivity index (χ1n) is 8.03. The SMILES string of the molecule is CN1CCC[C@H](c2nnc(CN3CCCCC3)n2C)C1. The second-order valence-corrected chi connectivity index (χ2v) is 6.47. The Labute approximate surface area is 122 Å². The fourth-order valence-corrected chi connectivity index (χ4v) is 3.56. The highest BCUT2D eigenvalue weighted by Crippen LogP contribution is 2.25. The van der Waals surface area contributed by atoms with E-state index in [1.165, 1.54) is 57.6 Å². The number of hydrogen-bond acceptors (Lipinski definition) is 4. The third kappa shape index (κ3) is 3.04. The van der Waals surface area contributed by atoms with Crippen molar-refractivity contribution in [1.82, 2.24) is 24.6 Å². The molecular formula is C15H27N5. The Bertz CT molecular complexity index is 435. The number of piperidine rings is 2. The van der Waals surface area contributed by atoms with Crippen LogP contribution in [-0.2, 0) is 13.6 Å². The summed E-state index contributed by atoms with van der Waals surface area (Å²) in [6.45, 7) is 5.74. The lowest BCUT2D eigenvalue weighted by molar-refractivity contribution is 0.213. The fourth-order valence-electron chi connectivity index (χ4n) is 3.56. The summed E-state index contributed by atoms with van der Waals surface area (Å²) in [5.74, 6) is 2.88. The van der Waals surface area contributed by atoms with Crippen molar-refractivity contribution in [1.29, 1.82) is 0 Å². The molecule has 0 aromatic carbocycles. The highest BCUT2D eigenvalue weighted by molar-refractivity contribution is 5.04. The molecule has 1 atom stereocenters. The van der Waals surface area contributed by atoms with Crippen LogP contribution in [0, 0.1) is 0 Å². The smallest absolute Gasteiger partial charge is 0.146 e. The average Bonchev–Trinajstić information content (AvgIpc) is 2.81. The molecule has 2 fully saturated rings. The summed E-state index contributed by atoms with van der Waals surface area (Å²) in [5.41, 5.74) is 0. The molecule has 1 aromatic heterocycles. The zero-order valence-corrected chi connectivity index (χ0v) is 12.9. The zero-order chi connectivity index (χ0) is 13.9. The maximum Gasteiger partial charge on any atom is 0.146 e. The van der Waals surface area contributed by atoms with Crippen LogP contribution in [0.4, 0.5) is 0 Å². The van der Waals surface area contributed by atoms with Gasteiger partial charge in [0.25, 0.3) is 0 Å². The molecule has 2 saturated heterocycles. The third-order valence-electron chi connectivity index (χ3n) is 4.80. The van der Waals surface area contributed by atoms with Gasteiger partial charge in [-0.1, -0.05) is 6.42 Å². The highest BCUT2D eigenvalue weighted by Gasteiger charge is 2.24. The molecule has 0 N–H and O–H groups in total. The lowest BCUT2D eigenvalue weighted by Crippen LogP contribution is -2.32. The van der Waals surface area contributed by atoms with E-state index in [-0.39, 0.29) is 0 Å². The number of likely N-dealkylation sites (N-methyl/N-ethyl adjacent to an activating group) is 1. The number of rotatable bonds is 3. The second kappa shape index (κ2) is 6.22. The standard InChI is InChI=1S/C15H27N5/c1-18-8-6-7-13(11-18)15-17-16-14(19(15)2)12-20-9-4-3-5-10-20/h13H,3-12H2,1-2H3/t13-/m0/s1. The Morgan fingerprint density at radius 1 is 1.00 bits per heavy atom. The minimum atomic E-state index is 0.557. The van der Waals surface area contributed by atoms with Gasteiger partial charge < -0.3 is 9.47 Å². The molecule has 1 aromatic rings. The molecule has 20 heavy (non-hydrogen) atoms. The van der Waals surface area contributed by atoms with Crippen molar-refractivity contribution in [2.75, 3.05) is 33.2 Å². The first-order valence-corrected chi connectivity index (χ1v) is 8.03. The van der Waals surface area contributed by atoms with Crippen LogP contribution in [0.1, 0.15) is 49.7 Å². The van der Waals surface area contributed by atoms with Crippen molar-refractivity contribution < 1.29 is 0 Å². The quantitative estimate of drug-likeness (QED) is 0.841. The minimum Gasteiger partial charge on any atom is -0.317 e. The topological polar surface area (TPSA) is 37.2 Å². The molecule has 0 amide bonds. The molecule has 0 radical (unpaired) electrons. The van der Waals surface area contributed by atoms with Crippen LogP contribution in [0.2, 0.25) is 0 Å². The van der Waals surface area contributed by atoms with Crippen molar-refractivity contribution in [3.63, 3.8) is 0 Å². The van der Waals surface area contributed by atoms with Gasteiger partial charge in [0.15, 0.2) is 0 Å². The van der Waals surface area contributed by atoms with Gasteiger partial charge in [0.2, 0.25) is 0 Å². The van der Waals surface area contributed by atoms with Crippen molar-refractivity contribution >= 4 is 0 Å². The van der Waals surface area contributed by atoms with Crippen LogP contribution in [0.5, 0.6) is 0 Å². The summed E-state index contributed by atoms with van der Waals surface area (Å²) in [6, 6.07) is 0. The van der Waals surface area contributed by atoms with Gasteiger partial charge in [0.1, 0.15) is 11.6 Å². The lowest BCUT2D eigenvalue weighted by atomic mass is 9.98. The molecule has 5 nitrogen and oxygen atoms in total. The molecule has 0 aliphatic carbocycles. The molecule has 5 heteroatoms. The summed E-state index contributed by atoms with van der Waals surface area (Å²) in [7, 11) is 4.35. The maximum atomic E-state index is 4.50. The number of aromatic nitrogens is 3. The molecule has 0 unspecified atom stereocenters. The summed E-state index contributed by atoms with van der Waals surface area (Å²) in [4.78, 5) is 4.93. The van der Waals surface area contributed by atoms with Crippen LogP contribution < -0.4 is 0 Å². The predicted molar refractivity (Wildman–Crippen MR) is 79.6 cm³/mol. The summed E-state index contributed by atoms with van der Waals surface area (Å²) in [6.07, 6.45) is 6.57. The monoisotopic (exact) mass is 277 g/mol. The fraction of sp³-hybridized carbons (Fsp3) is 0.867. The molecule has 2 aliphatic rings. The predicted octanol–water partition coefficient (Wildman–Crippen LogP) is 1.61. The number of hydrogen-bond donors (Lipinski definition) is 0. The molecular weight excluding hydrogens is 250 g/mol. The molecule has 3 rings (SSSR count). The summed E-state index contributed by atoms with van der Waals surface area (Å²) >= 11 is 0. The van der Waals surface area contributed by atoms with Crippen LogP contribution in [0.15, 0.2) is 0 Å². The van der Waals surface area contributed by atoms with Crippen molar-refractivity contribution in [3.05, 3.63) is 11.6 Å². The van der Waals surface area contributed by atoms with E-state index in [0.29, 0.717) is 5.92 Å². The molecule has 0 spiro atoms. The zero-order valence-electron chi connectivity index (χ0n) is 12.9. The summed E-state index contributed by atoms with van der Waals surface area (Å²) in [5, 5.41) is 8.96. The van der Waals surface area contributed by atoms with E-state index in [1.54, 1.807) is 0 Å². The van der Waals surface area contributed by atoms with E-state index in [4.69, 9.17) is 0 Å². The van der Waals surface area contributed by atoms with Crippen molar-refractivity contribution in [2.24, 2.45) is 7.05 Å². The number of nitrogens with zero attached hydrogens (tertiary/aromatic N) is 5. The molecule has 0 bridgehead atoms. The molecule has 3 heterocycles. The number of likely N-dealkylation sites (tertiary alicyclic amines) is 2. The Morgan fingerprint density at radius 3 is 2.55 bits per heavy atom. The van der Waals surface area contributed by atoms with E-state index in [0.717, 1.165) is 18.9 Å². The van der Waals surface area contributed by atoms with Crippen LogP contribution in [0.3, 0.4) is 0 Å². The van der Waals surface area contributed by atoms with Gasteiger partial charge in [0, 0.05) is 19.5 Å². The first kappa shape index (κ1) is 14.0. The van der Waals surface area contributed by atoms with E-state index < -0.39 is 0 Å². The average molecular weight is 277 g/mol. The van der Waals surface area contributed by atoms with Crippen molar-refractivity contribution in [3.8, 4) is 0 Å². The van der Waals surface area contributed by atoms with Gasteiger partial charge in [-0.2, -0.15) is 0 Å². The van der Waals surface area contributed by atoms with E-state index in [2.05, 4.69) is 38.7 Å². The second-order valence-electron chi connectivity index (χ2n) is 6.47. The van der Waals surface area contributed by atoms with E-state index in [9.17, 15) is 0 Å². The normalized spacial score (nSPS) is 26.0. The van der Waals surface area contributed by atoms with Gasteiger partial charge >= 0.3 is 0 Å². The molecule has 2 aliphatic heterocycles. The van der Waals surface area contributed by atoms with Gasteiger partial charge in [0.05, 0.1) is 6.54 Å². The van der Waals surface area contributed by atoms with Crippen molar-refractivity contribution in [2.45, 2.75) is 44.6 Å². The third-order valence-corrected chi connectivity index (χ3v) is 4.80. The van der Waals surface area contributed by atoms with E-state index in [1.807, 2.05) is 0 Å². The Hall–Kier alpha value is -0.940. The first-order chi connectivity index (χ1) is 9.74. The Morgan fingerprint density at radius 2 is 1.80 bits per heavy atom. The van der Waals surface area contributed by atoms with Gasteiger partial charge in [-0.05, 0) is 52.4 Å². The highest BCUT2D eigenvalue weighted by atomic mass is 15.3. The Kier molecular flexibility index (Phi) is 4.36. The molecule has 0 saturated carbocycles. The van der Waals surface area contributed by atoms with Gasteiger partial charge in [-0.3, -0.25) is 4.90 Å². The Balaban J connectivity index is 1.67. The largest absolute Gasteiger partial charge is 0.317 e. The molecule has 112 valence electrons. The van der Waals surface area contributed by atoms with Gasteiger partial charge in [-0.25, -0.2) is 0 Å². The maximum absolute atomic E-state index is 4.50. The van der Waals surface area contributed by atoms with Crippen LogP contribution in [-0.4, -0.2) is 57.8 Å². The minimum absolute atomic E-state index is 0.557. The summed E-state index contributed by atoms with van der Waals surface area (Å²) < 4.78 is 2.25. The van der Waals surface area contributed by atoms with Crippen LogP contribution in [0.25, 0.3) is 0 Å². The van der Waals surface area contributed by atoms with E-state index >= 15 is 0 Å². The van der Waals surface area contributed by atoms with Gasteiger partial charge in [-0.15, -0.1) is 10.2 Å². The van der Waals surface area contributed by atoms with Crippen LogP contribution >= 0.6 is 0 Å². The lowest BCUT2D eigenvalue weighted by Gasteiger charge is -2.29.